The van der Waals surface area contributed by atoms with Gasteiger partial charge in [0.2, 0.25) is 0 Å². The second-order valence-corrected chi connectivity index (χ2v) is 4.45. The summed E-state index contributed by atoms with van der Waals surface area (Å²) in [5.41, 5.74) is 1.66. The van der Waals surface area contributed by atoms with Crippen LogP contribution in [0.5, 0.6) is 11.5 Å². The van der Waals surface area contributed by atoms with Crippen LogP contribution in [0.4, 0.5) is 0 Å². The average Bonchev–Trinajstić information content (AvgIpc) is 2.48. The van der Waals surface area contributed by atoms with E-state index in [0.717, 1.165) is 5.56 Å². The zero-order chi connectivity index (χ0) is 14.4. The van der Waals surface area contributed by atoms with Crippen molar-refractivity contribution in [2.24, 2.45) is 0 Å². The maximum absolute atomic E-state index is 11.7. The van der Waals surface area contributed by atoms with E-state index < -0.39 is 0 Å². The Kier molecular flexibility index (Phi) is 4.60. The number of hydrogen-bond donors (Lipinski definition) is 2. The van der Waals surface area contributed by atoms with Crippen LogP contribution in [0.15, 0.2) is 48.5 Å². The van der Waals surface area contributed by atoms with E-state index in [0.29, 0.717) is 17.9 Å². The minimum Gasteiger partial charge on any atom is -0.508 e. The summed E-state index contributed by atoms with van der Waals surface area (Å²) >= 11 is 0. The number of carbonyl (C=O) groups excluding carboxylic acids is 1. The first-order chi connectivity index (χ1) is 9.66. The Morgan fingerprint density at radius 2 is 1.90 bits per heavy atom. The van der Waals surface area contributed by atoms with Gasteiger partial charge in [0, 0.05) is 12.1 Å². The zero-order valence-corrected chi connectivity index (χ0v) is 11.3. The Morgan fingerprint density at radius 3 is 2.65 bits per heavy atom. The lowest BCUT2D eigenvalue weighted by molar-refractivity contribution is -0.123. The maximum atomic E-state index is 11.7. The summed E-state index contributed by atoms with van der Waals surface area (Å²) in [6, 6.07) is 14.7. The lowest BCUT2D eigenvalue weighted by Gasteiger charge is -2.10. The van der Waals surface area contributed by atoms with Crippen LogP contribution in [0.3, 0.4) is 0 Å². The molecule has 20 heavy (non-hydrogen) atoms. The molecule has 0 atom stereocenters. The van der Waals surface area contributed by atoms with Gasteiger partial charge < -0.3 is 15.2 Å². The van der Waals surface area contributed by atoms with Gasteiger partial charge >= 0.3 is 0 Å². The molecule has 0 saturated carbocycles. The molecule has 0 spiro atoms. The molecule has 0 aliphatic carbocycles. The van der Waals surface area contributed by atoms with E-state index in [-0.39, 0.29) is 18.3 Å². The molecule has 0 bridgehead atoms. The predicted octanol–water partition coefficient (Wildman–Crippen LogP) is 2.40. The van der Waals surface area contributed by atoms with Gasteiger partial charge in [0.05, 0.1) is 0 Å². The van der Waals surface area contributed by atoms with Crippen LogP contribution in [-0.4, -0.2) is 17.6 Å². The van der Waals surface area contributed by atoms with E-state index in [2.05, 4.69) is 5.32 Å². The number of ether oxygens (including phenoxy) is 1. The Balaban J connectivity index is 1.82. The minimum absolute atomic E-state index is 0.0723. The summed E-state index contributed by atoms with van der Waals surface area (Å²) in [5, 5.41) is 12.3. The van der Waals surface area contributed by atoms with E-state index in [1.54, 1.807) is 25.1 Å². The first-order valence-electron chi connectivity index (χ1n) is 6.39. The second kappa shape index (κ2) is 6.61. The van der Waals surface area contributed by atoms with E-state index in [1.807, 2.05) is 30.3 Å². The molecule has 0 unspecified atom stereocenters. The van der Waals surface area contributed by atoms with Crippen LogP contribution in [0.2, 0.25) is 0 Å². The molecule has 0 aliphatic heterocycles. The third kappa shape index (κ3) is 3.75. The van der Waals surface area contributed by atoms with Crippen molar-refractivity contribution in [1.82, 2.24) is 5.32 Å². The summed E-state index contributed by atoms with van der Waals surface area (Å²) < 4.78 is 5.40. The lowest BCUT2D eigenvalue weighted by Crippen LogP contribution is -2.28. The molecular formula is C16H17NO3. The molecule has 0 heterocycles. The molecule has 0 radical (unpaired) electrons. The number of hydrogen-bond acceptors (Lipinski definition) is 3. The Morgan fingerprint density at radius 1 is 1.15 bits per heavy atom. The fourth-order valence-corrected chi connectivity index (χ4v) is 1.75. The fraction of sp³-hybridized carbons (Fsp3) is 0.188. The highest BCUT2D eigenvalue weighted by Gasteiger charge is 2.06. The number of aromatic hydroxyl groups is 1. The van der Waals surface area contributed by atoms with Crippen molar-refractivity contribution in [1.29, 1.82) is 0 Å². The van der Waals surface area contributed by atoms with Crippen molar-refractivity contribution in [2.75, 3.05) is 6.61 Å². The van der Waals surface area contributed by atoms with Gasteiger partial charge in [-0.3, -0.25) is 4.79 Å². The maximum Gasteiger partial charge on any atom is 0.258 e. The van der Waals surface area contributed by atoms with Gasteiger partial charge in [0.1, 0.15) is 11.5 Å². The monoisotopic (exact) mass is 271 g/mol. The van der Waals surface area contributed by atoms with Gasteiger partial charge in [-0.05, 0) is 24.6 Å². The SMILES string of the molecule is Cc1c(O)cccc1OCC(=O)NCc1ccccc1. The van der Waals surface area contributed by atoms with Gasteiger partial charge in [-0.25, -0.2) is 0 Å². The first kappa shape index (κ1) is 13.9. The van der Waals surface area contributed by atoms with Crippen LogP contribution in [0.1, 0.15) is 11.1 Å². The lowest BCUT2D eigenvalue weighted by atomic mass is 10.2. The summed E-state index contributed by atoms with van der Waals surface area (Å²) in [7, 11) is 0. The van der Waals surface area contributed by atoms with Crippen LogP contribution in [-0.2, 0) is 11.3 Å². The van der Waals surface area contributed by atoms with Crippen LogP contribution < -0.4 is 10.1 Å². The van der Waals surface area contributed by atoms with Gasteiger partial charge in [0.15, 0.2) is 6.61 Å². The molecule has 4 nitrogen and oxygen atoms in total. The van der Waals surface area contributed by atoms with Crippen molar-refractivity contribution in [2.45, 2.75) is 13.5 Å². The summed E-state index contributed by atoms with van der Waals surface area (Å²) in [6.07, 6.45) is 0. The molecule has 2 aromatic carbocycles. The Labute approximate surface area is 118 Å². The summed E-state index contributed by atoms with van der Waals surface area (Å²) in [5.74, 6) is 0.476. The topological polar surface area (TPSA) is 58.6 Å². The number of phenolic OH excluding ortho intramolecular Hbond substituents is 1. The third-order valence-electron chi connectivity index (χ3n) is 2.95. The molecule has 2 rings (SSSR count). The molecule has 1 amide bonds. The predicted molar refractivity (Wildman–Crippen MR) is 76.6 cm³/mol. The quantitative estimate of drug-likeness (QED) is 0.878. The van der Waals surface area contributed by atoms with Gasteiger partial charge in [-0.15, -0.1) is 0 Å². The molecule has 0 fully saturated rings. The number of phenols is 1. The zero-order valence-electron chi connectivity index (χ0n) is 11.3. The van der Waals surface area contributed by atoms with Crippen molar-refractivity contribution < 1.29 is 14.6 Å². The molecule has 4 heteroatoms. The summed E-state index contributed by atoms with van der Waals surface area (Å²) in [4.78, 5) is 11.7. The number of benzene rings is 2. The van der Waals surface area contributed by atoms with Crippen molar-refractivity contribution in [3.8, 4) is 11.5 Å². The highest BCUT2D eigenvalue weighted by atomic mass is 16.5. The summed E-state index contributed by atoms with van der Waals surface area (Å²) in [6.45, 7) is 2.14. The fourth-order valence-electron chi connectivity index (χ4n) is 1.75. The molecule has 0 saturated heterocycles. The minimum atomic E-state index is -0.198. The molecule has 0 aromatic heterocycles. The Bertz CT molecular complexity index is 582. The largest absolute Gasteiger partial charge is 0.508 e. The van der Waals surface area contributed by atoms with E-state index >= 15 is 0 Å². The standard InChI is InChI=1S/C16H17NO3/c1-12-14(18)8-5-9-15(12)20-11-16(19)17-10-13-6-3-2-4-7-13/h2-9,18H,10-11H2,1H3,(H,17,19). The molecular weight excluding hydrogens is 254 g/mol. The number of rotatable bonds is 5. The molecule has 2 N–H and O–H groups in total. The number of nitrogens with one attached hydrogen (secondary N) is 1. The van der Waals surface area contributed by atoms with Gasteiger partial charge in [-0.1, -0.05) is 36.4 Å². The normalized spacial score (nSPS) is 10.1. The average molecular weight is 271 g/mol. The van der Waals surface area contributed by atoms with Crippen LogP contribution in [0, 0.1) is 6.92 Å². The van der Waals surface area contributed by atoms with Crippen LogP contribution >= 0.6 is 0 Å². The van der Waals surface area contributed by atoms with E-state index in [9.17, 15) is 9.90 Å². The highest BCUT2D eigenvalue weighted by Crippen LogP contribution is 2.25. The second-order valence-electron chi connectivity index (χ2n) is 4.45. The van der Waals surface area contributed by atoms with Crippen LogP contribution in [0.25, 0.3) is 0 Å². The first-order valence-corrected chi connectivity index (χ1v) is 6.39. The van der Waals surface area contributed by atoms with Gasteiger partial charge in [0.25, 0.3) is 5.91 Å². The highest BCUT2D eigenvalue weighted by molar-refractivity contribution is 5.77. The Hall–Kier alpha value is -2.49. The molecule has 0 aliphatic rings. The number of amides is 1. The molecule has 104 valence electrons. The third-order valence-corrected chi connectivity index (χ3v) is 2.95. The van der Waals surface area contributed by atoms with Crippen molar-refractivity contribution in [3.63, 3.8) is 0 Å². The smallest absolute Gasteiger partial charge is 0.258 e. The van der Waals surface area contributed by atoms with E-state index in [4.69, 9.17) is 4.74 Å². The van der Waals surface area contributed by atoms with Crippen molar-refractivity contribution >= 4 is 5.91 Å². The van der Waals surface area contributed by atoms with Gasteiger partial charge in [-0.2, -0.15) is 0 Å². The van der Waals surface area contributed by atoms with E-state index in [1.165, 1.54) is 0 Å². The molecule has 2 aromatic rings. The van der Waals surface area contributed by atoms with Crippen molar-refractivity contribution in [3.05, 3.63) is 59.7 Å². The number of carbonyl (C=O) groups is 1.